The van der Waals surface area contributed by atoms with Crippen LogP contribution in [0.3, 0.4) is 0 Å². The first kappa shape index (κ1) is 21.1. The van der Waals surface area contributed by atoms with Crippen LogP contribution in [0, 0.1) is 11.6 Å². The monoisotopic (exact) mass is 392 g/mol. The van der Waals surface area contributed by atoms with Crippen LogP contribution >= 0.6 is 0 Å². The third kappa shape index (κ3) is 7.61. The van der Waals surface area contributed by atoms with E-state index < -0.39 is 11.6 Å². The predicted octanol–water partition coefficient (Wildman–Crippen LogP) is 2.39. The van der Waals surface area contributed by atoms with Gasteiger partial charge in [-0.05, 0) is 30.7 Å². The number of nitrogens with one attached hydrogen (secondary N) is 1. The third-order valence-corrected chi connectivity index (χ3v) is 3.74. The normalized spacial score (nSPS) is 10.2. The van der Waals surface area contributed by atoms with Gasteiger partial charge in [0, 0.05) is 32.3 Å². The molecule has 0 fully saturated rings. The van der Waals surface area contributed by atoms with E-state index in [2.05, 4.69) is 5.32 Å². The first-order chi connectivity index (χ1) is 13.4. The van der Waals surface area contributed by atoms with Crippen LogP contribution in [0.25, 0.3) is 0 Å². The van der Waals surface area contributed by atoms with Gasteiger partial charge in [0.15, 0.2) is 13.2 Å². The quantitative estimate of drug-likeness (QED) is 0.631. The summed E-state index contributed by atoms with van der Waals surface area (Å²) in [5.41, 5.74) is 0. The summed E-state index contributed by atoms with van der Waals surface area (Å²) in [7, 11) is 1.62. The summed E-state index contributed by atoms with van der Waals surface area (Å²) in [6.07, 6.45) is 0.536. The van der Waals surface area contributed by atoms with Gasteiger partial charge in [0.1, 0.15) is 23.1 Å². The van der Waals surface area contributed by atoms with E-state index in [0.717, 1.165) is 0 Å². The molecule has 0 aliphatic carbocycles. The van der Waals surface area contributed by atoms with Crippen LogP contribution in [-0.2, 0) is 9.59 Å². The molecule has 0 unspecified atom stereocenters. The van der Waals surface area contributed by atoms with Gasteiger partial charge in [-0.1, -0.05) is 12.1 Å². The van der Waals surface area contributed by atoms with Crippen LogP contribution in [0.15, 0.2) is 48.5 Å². The van der Waals surface area contributed by atoms with E-state index in [1.807, 2.05) is 0 Å². The van der Waals surface area contributed by atoms with E-state index in [-0.39, 0.29) is 36.5 Å². The minimum absolute atomic E-state index is 0.201. The van der Waals surface area contributed by atoms with Gasteiger partial charge in [-0.25, -0.2) is 8.78 Å². The summed E-state index contributed by atoms with van der Waals surface area (Å²) in [6, 6.07) is 11.1. The molecule has 2 aromatic rings. The number of carbonyl (C=O) groups is 2. The first-order valence-corrected chi connectivity index (χ1v) is 8.71. The molecule has 0 radical (unpaired) electrons. The van der Waals surface area contributed by atoms with E-state index in [1.54, 1.807) is 19.2 Å². The van der Waals surface area contributed by atoms with Gasteiger partial charge in [-0.2, -0.15) is 0 Å². The SMILES string of the molecule is CN(CCCNC(=O)COc1cccc(F)c1)C(=O)COc1cccc(F)c1. The first-order valence-electron chi connectivity index (χ1n) is 8.71. The number of benzene rings is 2. The second-order valence-corrected chi connectivity index (χ2v) is 6.01. The van der Waals surface area contributed by atoms with Crippen LogP contribution in [0.5, 0.6) is 11.5 Å². The minimum Gasteiger partial charge on any atom is -0.484 e. The maximum Gasteiger partial charge on any atom is 0.260 e. The Labute approximate surface area is 162 Å². The number of amides is 2. The smallest absolute Gasteiger partial charge is 0.260 e. The molecule has 0 aromatic heterocycles. The van der Waals surface area contributed by atoms with Crippen molar-refractivity contribution < 1.29 is 27.8 Å². The number of hydrogen-bond acceptors (Lipinski definition) is 4. The molecule has 150 valence electrons. The Morgan fingerprint density at radius 3 is 2.11 bits per heavy atom. The van der Waals surface area contributed by atoms with E-state index >= 15 is 0 Å². The van der Waals surface area contributed by atoms with E-state index in [1.165, 1.54) is 41.3 Å². The van der Waals surface area contributed by atoms with Crippen molar-refractivity contribution >= 4 is 11.8 Å². The van der Waals surface area contributed by atoms with Gasteiger partial charge in [-0.3, -0.25) is 9.59 Å². The Kier molecular flexibility index (Phi) is 8.20. The highest BCUT2D eigenvalue weighted by Gasteiger charge is 2.10. The number of halogens is 2. The average Bonchev–Trinajstić information content (AvgIpc) is 2.67. The number of hydrogen-bond donors (Lipinski definition) is 1. The molecule has 0 heterocycles. The van der Waals surface area contributed by atoms with Crippen molar-refractivity contribution in [1.29, 1.82) is 0 Å². The maximum absolute atomic E-state index is 13.1. The zero-order chi connectivity index (χ0) is 20.4. The standard InChI is InChI=1S/C20H22F2N2O4/c1-24(20(26)14-28-18-8-3-6-16(22)12-18)10-4-9-23-19(25)13-27-17-7-2-5-15(21)11-17/h2-3,5-8,11-12H,4,9-10,13-14H2,1H3,(H,23,25). The minimum atomic E-state index is -0.438. The van der Waals surface area contributed by atoms with Gasteiger partial charge in [0.05, 0.1) is 0 Å². The molecule has 28 heavy (non-hydrogen) atoms. The molecule has 0 spiro atoms. The molecule has 2 amide bonds. The van der Waals surface area contributed by atoms with Crippen molar-refractivity contribution in [2.45, 2.75) is 6.42 Å². The second-order valence-electron chi connectivity index (χ2n) is 6.01. The molecular weight excluding hydrogens is 370 g/mol. The lowest BCUT2D eigenvalue weighted by atomic mass is 10.3. The van der Waals surface area contributed by atoms with E-state index in [9.17, 15) is 18.4 Å². The Hall–Kier alpha value is -3.16. The highest BCUT2D eigenvalue weighted by molar-refractivity contribution is 5.78. The fourth-order valence-electron chi connectivity index (χ4n) is 2.24. The highest BCUT2D eigenvalue weighted by Crippen LogP contribution is 2.12. The number of rotatable bonds is 10. The van der Waals surface area contributed by atoms with Gasteiger partial charge in [-0.15, -0.1) is 0 Å². The van der Waals surface area contributed by atoms with Crippen molar-refractivity contribution in [2.24, 2.45) is 0 Å². The van der Waals surface area contributed by atoms with E-state index in [0.29, 0.717) is 19.5 Å². The van der Waals surface area contributed by atoms with Crippen LogP contribution in [0.4, 0.5) is 8.78 Å². The molecule has 6 nitrogen and oxygen atoms in total. The summed E-state index contributed by atoms with van der Waals surface area (Å²) in [5.74, 6) is -0.911. The Balaban J connectivity index is 1.58. The fraction of sp³-hybridized carbons (Fsp3) is 0.300. The summed E-state index contributed by atoms with van der Waals surface area (Å²) in [4.78, 5) is 25.2. The topological polar surface area (TPSA) is 67.9 Å². The molecule has 0 atom stereocenters. The molecule has 0 aliphatic heterocycles. The lowest BCUT2D eigenvalue weighted by molar-refractivity contribution is -0.132. The fourth-order valence-corrected chi connectivity index (χ4v) is 2.24. The van der Waals surface area contributed by atoms with Gasteiger partial charge in [0.2, 0.25) is 0 Å². The van der Waals surface area contributed by atoms with Crippen LogP contribution in [0.1, 0.15) is 6.42 Å². The molecule has 8 heteroatoms. The zero-order valence-corrected chi connectivity index (χ0v) is 15.5. The van der Waals surface area contributed by atoms with Crippen molar-refractivity contribution in [2.75, 3.05) is 33.4 Å². The summed E-state index contributed by atoms with van der Waals surface area (Å²) in [6.45, 7) is 0.345. The summed E-state index contributed by atoms with van der Waals surface area (Å²) >= 11 is 0. The Morgan fingerprint density at radius 2 is 1.54 bits per heavy atom. The van der Waals surface area contributed by atoms with Crippen LogP contribution in [0.2, 0.25) is 0 Å². The highest BCUT2D eigenvalue weighted by atomic mass is 19.1. The Morgan fingerprint density at radius 1 is 0.964 bits per heavy atom. The predicted molar refractivity (Wildman–Crippen MR) is 99.1 cm³/mol. The number of carbonyl (C=O) groups excluding carboxylic acids is 2. The molecule has 0 saturated heterocycles. The molecule has 0 saturated carbocycles. The summed E-state index contributed by atoms with van der Waals surface area (Å²) < 4.78 is 36.5. The van der Waals surface area contributed by atoms with Gasteiger partial charge in [0.25, 0.3) is 11.8 Å². The largest absolute Gasteiger partial charge is 0.484 e. The van der Waals surface area contributed by atoms with Crippen molar-refractivity contribution in [1.82, 2.24) is 10.2 Å². The third-order valence-electron chi connectivity index (χ3n) is 3.74. The van der Waals surface area contributed by atoms with Crippen LogP contribution < -0.4 is 14.8 Å². The van der Waals surface area contributed by atoms with Crippen LogP contribution in [-0.4, -0.2) is 50.1 Å². The second kappa shape index (κ2) is 10.9. The number of likely N-dealkylation sites (N-methyl/N-ethyl adjacent to an activating group) is 1. The molecule has 0 aliphatic rings. The maximum atomic E-state index is 13.1. The zero-order valence-electron chi connectivity index (χ0n) is 15.5. The van der Waals surface area contributed by atoms with Crippen molar-refractivity contribution in [3.05, 3.63) is 60.2 Å². The molecule has 0 bridgehead atoms. The van der Waals surface area contributed by atoms with Gasteiger partial charge < -0.3 is 19.7 Å². The van der Waals surface area contributed by atoms with Crippen molar-refractivity contribution in [3.63, 3.8) is 0 Å². The number of nitrogens with zero attached hydrogens (tertiary/aromatic N) is 1. The molecule has 1 N–H and O–H groups in total. The number of ether oxygens (including phenoxy) is 2. The molecule has 2 aromatic carbocycles. The van der Waals surface area contributed by atoms with Crippen molar-refractivity contribution in [3.8, 4) is 11.5 Å². The lowest BCUT2D eigenvalue weighted by Crippen LogP contribution is -2.35. The molecular formula is C20H22F2N2O4. The average molecular weight is 392 g/mol. The summed E-state index contributed by atoms with van der Waals surface area (Å²) in [5, 5.41) is 2.66. The lowest BCUT2D eigenvalue weighted by Gasteiger charge is -2.17. The van der Waals surface area contributed by atoms with Gasteiger partial charge >= 0.3 is 0 Å². The molecule has 2 rings (SSSR count). The van der Waals surface area contributed by atoms with E-state index in [4.69, 9.17) is 9.47 Å². The Bertz CT molecular complexity index is 801.